The van der Waals surface area contributed by atoms with Crippen LogP contribution in [0.2, 0.25) is 0 Å². The maximum atomic E-state index is 13.6. The highest BCUT2D eigenvalue weighted by atomic mass is 19.4. The van der Waals surface area contributed by atoms with E-state index in [-0.39, 0.29) is 29.1 Å². The molecule has 172 valence electrons. The first kappa shape index (κ1) is 23.6. The minimum Gasteiger partial charge on any atom is -0.483 e. The van der Waals surface area contributed by atoms with E-state index in [0.717, 1.165) is 6.07 Å². The first-order valence-electron chi connectivity index (χ1n) is 9.61. The lowest BCUT2D eigenvalue weighted by molar-refractivity contribution is -0.274. The number of hydrogen-bond acceptors (Lipinski definition) is 4. The Balaban J connectivity index is 1.63. The first-order chi connectivity index (χ1) is 15.7. The number of benzene rings is 3. The molecular formula is C23H18F4N2O4. The molecule has 0 aliphatic carbocycles. The summed E-state index contributed by atoms with van der Waals surface area (Å²) in [5.41, 5.74) is 0.160. The van der Waals surface area contributed by atoms with Gasteiger partial charge in [-0.25, -0.2) is 4.39 Å². The van der Waals surface area contributed by atoms with E-state index in [9.17, 15) is 27.2 Å². The maximum Gasteiger partial charge on any atom is 0.573 e. The third-order valence-electron chi connectivity index (χ3n) is 4.28. The third-order valence-corrected chi connectivity index (χ3v) is 4.28. The molecule has 0 radical (unpaired) electrons. The van der Waals surface area contributed by atoms with Crippen LogP contribution in [0.3, 0.4) is 0 Å². The fraction of sp³-hybridized carbons (Fsp3) is 0.130. The van der Waals surface area contributed by atoms with E-state index in [1.807, 2.05) is 0 Å². The van der Waals surface area contributed by atoms with Gasteiger partial charge in [0, 0.05) is 12.1 Å². The van der Waals surface area contributed by atoms with Crippen molar-refractivity contribution >= 4 is 17.5 Å². The number of halogens is 4. The molecule has 0 spiro atoms. The van der Waals surface area contributed by atoms with Crippen molar-refractivity contribution in [1.82, 2.24) is 5.32 Å². The van der Waals surface area contributed by atoms with Gasteiger partial charge in [0.2, 0.25) is 0 Å². The second kappa shape index (κ2) is 10.5. The smallest absolute Gasteiger partial charge is 0.483 e. The summed E-state index contributed by atoms with van der Waals surface area (Å²) in [6, 6.07) is 17.0. The Hall–Kier alpha value is -4.08. The zero-order valence-electron chi connectivity index (χ0n) is 17.0. The number of nitrogens with one attached hydrogen (secondary N) is 2. The fourth-order valence-electron chi connectivity index (χ4n) is 2.82. The summed E-state index contributed by atoms with van der Waals surface area (Å²) in [6.45, 7) is -0.742. The van der Waals surface area contributed by atoms with Crippen LogP contribution in [0.5, 0.6) is 11.5 Å². The molecule has 0 aliphatic rings. The highest BCUT2D eigenvalue weighted by Gasteiger charge is 2.32. The second-order valence-corrected chi connectivity index (χ2v) is 6.65. The van der Waals surface area contributed by atoms with Gasteiger partial charge in [-0.2, -0.15) is 0 Å². The van der Waals surface area contributed by atoms with Gasteiger partial charge in [-0.15, -0.1) is 13.2 Å². The molecule has 0 saturated carbocycles. The number of carbonyl (C=O) groups excluding carboxylic acids is 2. The van der Waals surface area contributed by atoms with Gasteiger partial charge in [0.05, 0.1) is 11.3 Å². The van der Waals surface area contributed by atoms with Crippen LogP contribution in [0.15, 0.2) is 72.8 Å². The molecule has 0 bridgehead atoms. The molecule has 0 aromatic heterocycles. The molecular weight excluding hydrogens is 444 g/mol. The highest BCUT2D eigenvalue weighted by Crippen LogP contribution is 2.26. The van der Waals surface area contributed by atoms with Crippen LogP contribution >= 0.6 is 0 Å². The first-order valence-corrected chi connectivity index (χ1v) is 9.61. The standard InChI is InChI=1S/C23H18F4N2O4/c24-17-9-3-4-10-18(17)29-21(30)14-32-20-12-6-2-8-16(20)22(31)28-13-15-7-1-5-11-19(15)33-23(25,26)27/h1-12H,13-14H2,(H,28,31)(H,29,30). The van der Waals surface area contributed by atoms with Crippen LogP contribution in [0.1, 0.15) is 15.9 Å². The van der Waals surface area contributed by atoms with Crippen molar-refractivity contribution in [2.75, 3.05) is 11.9 Å². The largest absolute Gasteiger partial charge is 0.573 e. The SMILES string of the molecule is O=C(COc1ccccc1C(=O)NCc1ccccc1OC(F)(F)F)Nc1ccccc1F. The predicted molar refractivity (Wildman–Crippen MR) is 111 cm³/mol. The quantitative estimate of drug-likeness (QED) is 0.477. The van der Waals surface area contributed by atoms with Gasteiger partial charge in [-0.1, -0.05) is 42.5 Å². The Morgan fingerprint density at radius 3 is 2.21 bits per heavy atom. The third kappa shape index (κ3) is 6.96. The van der Waals surface area contributed by atoms with Crippen LogP contribution < -0.4 is 20.1 Å². The Morgan fingerprint density at radius 1 is 0.848 bits per heavy atom. The van der Waals surface area contributed by atoms with Crippen molar-refractivity contribution in [3.05, 3.63) is 89.7 Å². The zero-order chi connectivity index (χ0) is 23.8. The van der Waals surface area contributed by atoms with E-state index in [0.29, 0.717) is 0 Å². The fourth-order valence-corrected chi connectivity index (χ4v) is 2.82. The van der Waals surface area contributed by atoms with Gasteiger partial charge >= 0.3 is 6.36 Å². The Labute approximate surface area is 186 Å². The number of carbonyl (C=O) groups is 2. The molecule has 0 saturated heterocycles. The second-order valence-electron chi connectivity index (χ2n) is 6.65. The van der Waals surface area contributed by atoms with Crippen molar-refractivity contribution in [3.63, 3.8) is 0 Å². The number of ether oxygens (including phenoxy) is 2. The molecule has 10 heteroatoms. The summed E-state index contributed by atoms with van der Waals surface area (Å²) in [7, 11) is 0. The summed E-state index contributed by atoms with van der Waals surface area (Å²) >= 11 is 0. The number of anilines is 1. The lowest BCUT2D eigenvalue weighted by Crippen LogP contribution is -2.26. The lowest BCUT2D eigenvalue weighted by Gasteiger charge is -2.15. The number of alkyl halides is 3. The van der Waals surface area contributed by atoms with E-state index in [1.165, 1.54) is 48.5 Å². The monoisotopic (exact) mass is 462 g/mol. The molecule has 3 rings (SSSR count). The average Bonchev–Trinajstić information content (AvgIpc) is 2.77. The molecule has 3 aromatic carbocycles. The number of amides is 2. The topological polar surface area (TPSA) is 76.7 Å². The van der Waals surface area contributed by atoms with E-state index in [4.69, 9.17) is 4.74 Å². The normalized spacial score (nSPS) is 10.9. The molecule has 6 nitrogen and oxygen atoms in total. The highest BCUT2D eigenvalue weighted by molar-refractivity contribution is 5.97. The van der Waals surface area contributed by atoms with Gasteiger partial charge in [0.1, 0.15) is 17.3 Å². The van der Waals surface area contributed by atoms with Crippen molar-refractivity contribution in [3.8, 4) is 11.5 Å². The van der Waals surface area contributed by atoms with Crippen molar-refractivity contribution in [2.45, 2.75) is 12.9 Å². The van der Waals surface area contributed by atoms with E-state index >= 15 is 0 Å². The van der Waals surface area contributed by atoms with Gasteiger partial charge in [-0.05, 0) is 30.3 Å². The molecule has 2 N–H and O–H groups in total. The van der Waals surface area contributed by atoms with Crippen molar-refractivity contribution in [2.24, 2.45) is 0 Å². The van der Waals surface area contributed by atoms with E-state index in [2.05, 4.69) is 15.4 Å². The molecule has 0 atom stereocenters. The van der Waals surface area contributed by atoms with E-state index < -0.39 is 36.4 Å². The number of hydrogen-bond donors (Lipinski definition) is 2. The van der Waals surface area contributed by atoms with Crippen LogP contribution in [0, 0.1) is 5.82 Å². The van der Waals surface area contributed by atoms with Crippen molar-refractivity contribution < 1.29 is 36.6 Å². The zero-order valence-corrected chi connectivity index (χ0v) is 17.0. The lowest BCUT2D eigenvalue weighted by atomic mass is 10.1. The van der Waals surface area contributed by atoms with Gasteiger partial charge in [0.25, 0.3) is 11.8 Å². The Bertz CT molecular complexity index is 1140. The molecule has 2 amide bonds. The molecule has 0 fully saturated rings. The van der Waals surface area contributed by atoms with Crippen LogP contribution in [0.4, 0.5) is 23.2 Å². The predicted octanol–water partition coefficient (Wildman–Crippen LogP) is 4.67. The number of rotatable bonds is 8. The minimum atomic E-state index is -4.87. The van der Waals surface area contributed by atoms with Crippen molar-refractivity contribution in [1.29, 1.82) is 0 Å². The Morgan fingerprint density at radius 2 is 1.48 bits per heavy atom. The van der Waals surface area contributed by atoms with Gasteiger partial charge in [0.15, 0.2) is 6.61 Å². The molecule has 0 unspecified atom stereocenters. The summed E-state index contributed by atoms with van der Waals surface area (Å²) < 4.78 is 60.7. The minimum absolute atomic E-state index is 0.0168. The summed E-state index contributed by atoms with van der Waals surface area (Å²) in [5.74, 6) is -2.26. The summed E-state index contributed by atoms with van der Waals surface area (Å²) in [4.78, 5) is 24.7. The Kier molecular flexibility index (Phi) is 7.50. The van der Waals surface area contributed by atoms with Crippen LogP contribution in [-0.4, -0.2) is 24.8 Å². The maximum absolute atomic E-state index is 13.6. The van der Waals surface area contributed by atoms with Crippen LogP contribution in [0.25, 0.3) is 0 Å². The molecule has 3 aromatic rings. The molecule has 0 heterocycles. The molecule has 0 aliphatic heterocycles. The van der Waals surface area contributed by atoms with Gasteiger partial charge in [-0.3, -0.25) is 9.59 Å². The summed E-state index contributed by atoms with van der Waals surface area (Å²) in [6.07, 6.45) is -4.87. The van der Waals surface area contributed by atoms with Gasteiger partial charge < -0.3 is 20.1 Å². The van der Waals surface area contributed by atoms with E-state index in [1.54, 1.807) is 18.2 Å². The number of para-hydroxylation sites is 3. The summed E-state index contributed by atoms with van der Waals surface area (Å²) in [5, 5.41) is 4.86. The molecule has 33 heavy (non-hydrogen) atoms. The van der Waals surface area contributed by atoms with Crippen LogP contribution in [-0.2, 0) is 11.3 Å². The average molecular weight is 462 g/mol.